The lowest BCUT2D eigenvalue weighted by Gasteiger charge is -2.22. The third-order valence-electron chi connectivity index (χ3n) is 7.20. The van der Waals surface area contributed by atoms with Crippen LogP contribution in [0.3, 0.4) is 0 Å². The minimum absolute atomic E-state index is 0.0287. The first-order valence-electron chi connectivity index (χ1n) is 13.9. The van der Waals surface area contributed by atoms with Crippen LogP contribution in [0.4, 0.5) is 13.2 Å². The highest BCUT2D eigenvalue weighted by molar-refractivity contribution is 6.32. The fraction of sp³-hybridized carbons (Fsp3) is 0.273. The lowest BCUT2D eigenvalue weighted by atomic mass is 9.83. The zero-order chi connectivity index (χ0) is 31.0. The normalized spacial score (nSPS) is 14.2. The number of alkyl halides is 3. The van der Waals surface area contributed by atoms with Gasteiger partial charge in [-0.2, -0.15) is 0 Å². The van der Waals surface area contributed by atoms with Gasteiger partial charge in [0, 0.05) is 28.8 Å². The number of carbonyl (C=O) groups excluding carboxylic acids is 3. The number of allylic oxidation sites excluding steroid dienone is 2. The molecule has 0 radical (unpaired) electrons. The molecule has 224 valence electrons. The number of nitrogens with one attached hydrogen (secondary N) is 1. The van der Waals surface area contributed by atoms with Gasteiger partial charge in [0.2, 0.25) is 0 Å². The van der Waals surface area contributed by atoms with Gasteiger partial charge in [0.1, 0.15) is 5.75 Å². The van der Waals surface area contributed by atoms with Gasteiger partial charge in [0.15, 0.2) is 11.6 Å². The number of hydrogen-bond donors (Lipinski definition) is 2. The van der Waals surface area contributed by atoms with E-state index in [1.807, 2.05) is 12.1 Å². The number of rotatable bonds is 11. The van der Waals surface area contributed by atoms with Crippen LogP contribution in [-0.4, -0.2) is 41.5 Å². The van der Waals surface area contributed by atoms with Gasteiger partial charge in [0.25, 0.3) is 5.91 Å². The number of halogens is 3. The molecule has 1 amide bonds. The van der Waals surface area contributed by atoms with E-state index in [1.165, 1.54) is 42.8 Å². The van der Waals surface area contributed by atoms with Gasteiger partial charge < -0.3 is 15.2 Å². The lowest BCUT2D eigenvalue weighted by Crippen LogP contribution is -2.26. The summed E-state index contributed by atoms with van der Waals surface area (Å²) < 4.78 is 42.1. The Hall–Kier alpha value is -4.73. The number of ether oxygens (including phenoxy) is 1. The molecular weight excluding hydrogens is 563 g/mol. The van der Waals surface area contributed by atoms with Gasteiger partial charge in [-0.05, 0) is 60.2 Å². The Morgan fingerprint density at radius 2 is 1.47 bits per heavy atom. The third kappa shape index (κ3) is 8.88. The maximum atomic E-state index is 13.7. The van der Waals surface area contributed by atoms with Gasteiger partial charge in [-0.15, -0.1) is 13.2 Å². The average Bonchev–Trinajstić information content (AvgIpc) is 2.99. The van der Waals surface area contributed by atoms with E-state index in [9.17, 15) is 32.3 Å². The molecule has 2 N–H and O–H groups in total. The maximum absolute atomic E-state index is 13.7. The second-order valence-corrected chi connectivity index (χ2v) is 10.3. The molecule has 1 fully saturated rings. The van der Waals surface area contributed by atoms with E-state index in [2.05, 4.69) is 10.1 Å². The van der Waals surface area contributed by atoms with Crippen molar-refractivity contribution < 1.29 is 42.2 Å². The van der Waals surface area contributed by atoms with E-state index in [-0.39, 0.29) is 35.2 Å². The van der Waals surface area contributed by atoms with Crippen LogP contribution < -0.4 is 10.1 Å². The Morgan fingerprint density at radius 3 is 2.09 bits per heavy atom. The Morgan fingerprint density at radius 1 is 0.837 bits per heavy atom. The number of carboxylic acid groups (broad SMARTS) is 1. The standard InChI is InChI=1S/C33H30F3NO6/c34-33(35,36)43-27-8-4-7-26(19-27)29(38)20-28(23-11-9-22(10-12-23)21-5-2-1-3-6-21)31(41)24-13-15-25(16-14-24)32(42)37-18-17-30(39)40/h4,7-16,19-21H,1-3,5-6,17-18H2,(H,37,42)(H,39,40). The number of amides is 1. The number of Topliss-reactive ketones (excluding diaryl/α,β-unsaturated/α-hetero) is 1. The van der Waals surface area contributed by atoms with Crippen LogP contribution in [0.25, 0.3) is 5.57 Å². The van der Waals surface area contributed by atoms with E-state index >= 15 is 0 Å². The summed E-state index contributed by atoms with van der Waals surface area (Å²) in [6.45, 7) is -0.0596. The van der Waals surface area contributed by atoms with E-state index in [4.69, 9.17) is 5.11 Å². The molecule has 0 spiro atoms. The van der Waals surface area contributed by atoms with Crippen molar-refractivity contribution in [1.82, 2.24) is 5.32 Å². The van der Waals surface area contributed by atoms with Crippen LogP contribution in [-0.2, 0) is 4.79 Å². The van der Waals surface area contributed by atoms with Crippen LogP contribution in [0.15, 0.2) is 78.9 Å². The van der Waals surface area contributed by atoms with Crippen LogP contribution in [0.1, 0.15) is 86.6 Å². The first kappa shape index (κ1) is 31.2. The zero-order valence-electron chi connectivity index (χ0n) is 23.2. The largest absolute Gasteiger partial charge is 0.573 e. The van der Waals surface area contributed by atoms with Crippen molar-refractivity contribution in [2.45, 2.75) is 50.8 Å². The first-order valence-corrected chi connectivity index (χ1v) is 13.9. The van der Waals surface area contributed by atoms with Crippen molar-refractivity contribution in [3.63, 3.8) is 0 Å². The quantitative estimate of drug-likeness (QED) is 0.183. The summed E-state index contributed by atoms with van der Waals surface area (Å²) in [5.74, 6) is -2.93. The van der Waals surface area contributed by atoms with E-state index in [0.717, 1.165) is 49.5 Å². The number of hydrogen-bond acceptors (Lipinski definition) is 5. The lowest BCUT2D eigenvalue weighted by molar-refractivity contribution is -0.274. The summed E-state index contributed by atoms with van der Waals surface area (Å²) in [7, 11) is 0. The highest BCUT2D eigenvalue weighted by Crippen LogP contribution is 2.33. The summed E-state index contributed by atoms with van der Waals surface area (Å²) in [4.78, 5) is 50.0. The van der Waals surface area contributed by atoms with E-state index in [0.29, 0.717) is 11.5 Å². The molecule has 3 aromatic carbocycles. The van der Waals surface area contributed by atoms with Crippen molar-refractivity contribution in [1.29, 1.82) is 0 Å². The van der Waals surface area contributed by atoms with Crippen LogP contribution >= 0.6 is 0 Å². The van der Waals surface area contributed by atoms with Gasteiger partial charge in [0.05, 0.1) is 6.42 Å². The van der Waals surface area contributed by atoms with Crippen LogP contribution in [0.2, 0.25) is 0 Å². The van der Waals surface area contributed by atoms with Crippen molar-refractivity contribution in [3.05, 3.63) is 107 Å². The molecule has 4 rings (SSSR count). The highest BCUT2D eigenvalue weighted by Gasteiger charge is 2.31. The van der Waals surface area contributed by atoms with E-state index in [1.54, 1.807) is 12.1 Å². The minimum Gasteiger partial charge on any atom is -0.481 e. The van der Waals surface area contributed by atoms with Gasteiger partial charge in [-0.25, -0.2) is 0 Å². The molecule has 3 aromatic rings. The van der Waals surface area contributed by atoms with Crippen molar-refractivity contribution in [2.24, 2.45) is 0 Å². The molecule has 0 saturated heterocycles. The Kier molecular flexibility index (Phi) is 10.1. The average molecular weight is 594 g/mol. The summed E-state index contributed by atoms with van der Waals surface area (Å²) in [5.41, 5.74) is 1.90. The van der Waals surface area contributed by atoms with Gasteiger partial charge in [-0.3, -0.25) is 19.2 Å². The summed E-state index contributed by atoms with van der Waals surface area (Å²) in [6, 6.07) is 17.6. The van der Waals surface area contributed by atoms with Gasteiger partial charge >= 0.3 is 12.3 Å². The first-order chi connectivity index (χ1) is 20.5. The second kappa shape index (κ2) is 14.0. The van der Waals surface area contributed by atoms with Crippen molar-refractivity contribution in [2.75, 3.05) is 6.54 Å². The summed E-state index contributed by atoms with van der Waals surface area (Å²) >= 11 is 0. The molecule has 0 aliphatic heterocycles. The van der Waals surface area contributed by atoms with Crippen molar-refractivity contribution >= 4 is 29.0 Å². The molecule has 1 saturated carbocycles. The number of aliphatic carboxylic acids is 1. The highest BCUT2D eigenvalue weighted by atomic mass is 19.4. The number of ketones is 2. The number of carboxylic acids is 1. The van der Waals surface area contributed by atoms with E-state index < -0.39 is 35.6 Å². The molecule has 1 aliphatic carbocycles. The molecule has 7 nitrogen and oxygen atoms in total. The van der Waals surface area contributed by atoms with Crippen molar-refractivity contribution in [3.8, 4) is 5.75 Å². The summed E-state index contributed by atoms with van der Waals surface area (Å²) in [6.07, 6.45) is 1.57. The molecule has 1 aliphatic rings. The maximum Gasteiger partial charge on any atom is 0.573 e. The molecule has 0 bridgehead atoms. The monoisotopic (exact) mass is 593 g/mol. The molecule has 0 unspecified atom stereocenters. The van der Waals surface area contributed by atoms with Crippen LogP contribution in [0, 0.1) is 0 Å². The predicted octanol–water partition coefficient (Wildman–Crippen LogP) is 6.99. The molecule has 0 heterocycles. The number of carbonyl (C=O) groups is 4. The molecule has 0 aromatic heterocycles. The fourth-order valence-corrected chi connectivity index (χ4v) is 5.03. The summed E-state index contributed by atoms with van der Waals surface area (Å²) in [5, 5.41) is 11.2. The topological polar surface area (TPSA) is 110 Å². The Bertz CT molecular complexity index is 1500. The minimum atomic E-state index is -4.93. The third-order valence-corrected chi connectivity index (χ3v) is 7.20. The van der Waals surface area contributed by atoms with Crippen LogP contribution in [0.5, 0.6) is 5.75 Å². The predicted molar refractivity (Wildman–Crippen MR) is 153 cm³/mol. The molecule has 0 atom stereocenters. The molecular formula is C33H30F3NO6. The van der Waals surface area contributed by atoms with Gasteiger partial charge in [-0.1, -0.05) is 67.8 Å². The fourth-order valence-electron chi connectivity index (χ4n) is 5.03. The number of benzene rings is 3. The Labute approximate surface area is 246 Å². The zero-order valence-corrected chi connectivity index (χ0v) is 23.2. The Balaban J connectivity index is 1.63. The molecule has 43 heavy (non-hydrogen) atoms. The smallest absolute Gasteiger partial charge is 0.481 e. The second-order valence-electron chi connectivity index (χ2n) is 10.3. The molecule has 10 heteroatoms. The SMILES string of the molecule is O=C(O)CCNC(=O)c1ccc(C(=O)C(=CC(=O)c2cccc(OC(F)(F)F)c2)c2ccc(C3CCCCC3)cc2)cc1.